The van der Waals surface area contributed by atoms with E-state index in [1.165, 1.54) is 0 Å². The molecule has 1 aromatic rings. The molecule has 0 N–H and O–H groups in total. The fraction of sp³-hybridized carbons (Fsp3) is 0.533. The molecule has 1 amide bonds. The Morgan fingerprint density at radius 3 is 2.72 bits per heavy atom. The Morgan fingerprint density at radius 2 is 2.06 bits per heavy atom. The van der Waals surface area contributed by atoms with E-state index < -0.39 is 0 Å². The Hall–Kier alpha value is -1.51. The van der Waals surface area contributed by atoms with E-state index in [-0.39, 0.29) is 17.4 Å². The van der Waals surface area contributed by atoms with Gasteiger partial charge in [-0.25, -0.2) is 0 Å². The van der Waals surface area contributed by atoms with Gasteiger partial charge >= 0.3 is 0 Å². The Labute approximate surface area is 108 Å². The molecule has 96 valence electrons. The minimum Gasteiger partial charge on any atom is -0.484 e. The summed E-state index contributed by atoms with van der Waals surface area (Å²) >= 11 is 0. The van der Waals surface area contributed by atoms with Gasteiger partial charge in [-0.2, -0.15) is 0 Å². The molecule has 2 atom stereocenters. The average molecular weight is 245 g/mol. The van der Waals surface area contributed by atoms with Crippen molar-refractivity contribution in [3.8, 4) is 5.75 Å². The maximum atomic E-state index is 12.5. The molecule has 3 rings (SSSR count). The molecule has 3 nitrogen and oxygen atoms in total. The maximum absolute atomic E-state index is 12.5. The van der Waals surface area contributed by atoms with Gasteiger partial charge in [-0.1, -0.05) is 19.1 Å². The van der Waals surface area contributed by atoms with Crippen LogP contribution in [0.3, 0.4) is 0 Å². The van der Waals surface area contributed by atoms with Gasteiger partial charge in [0.1, 0.15) is 11.4 Å². The monoisotopic (exact) mass is 245 g/mol. The van der Waals surface area contributed by atoms with Gasteiger partial charge in [0, 0.05) is 5.92 Å². The largest absolute Gasteiger partial charge is 0.484 e. The first-order valence-electron chi connectivity index (χ1n) is 6.57. The molecule has 2 aliphatic rings. The second-order valence-electron chi connectivity index (χ2n) is 6.07. The molecule has 0 radical (unpaired) electrons. The lowest BCUT2D eigenvalue weighted by Crippen LogP contribution is -2.50. The van der Waals surface area contributed by atoms with E-state index in [1.54, 1.807) is 0 Å². The summed E-state index contributed by atoms with van der Waals surface area (Å²) in [6, 6.07) is 7.81. The molecule has 1 heterocycles. The third-order valence-electron chi connectivity index (χ3n) is 3.77. The molecule has 18 heavy (non-hydrogen) atoms. The van der Waals surface area contributed by atoms with Crippen LogP contribution in [-0.2, 0) is 4.79 Å². The number of carbonyl (C=O) groups is 1. The fourth-order valence-corrected chi connectivity index (χ4v) is 2.63. The van der Waals surface area contributed by atoms with Gasteiger partial charge in [-0.05, 0) is 38.3 Å². The highest BCUT2D eigenvalue weighted by molar-refractivity contribution is 5.98. The molecule has 1 aliphatic carbocycles. The Balaban J connectivity index is 1.96. The first-order valence-corrected chi connectivity index (χ1v) is 6.57. The number of benzene rings is 1. The highest BCUT2D eigenvalue weighted by Crippen LogP contribution is 2.43. The topological polar surface area (TPSA) is 29.5 Å². The van der Waals surface area contributed by atoms with E-state index in [9.17, 15) is 4.79 Å². The van der Waals surface area contributed by atoms with Gasteiger partial charge in [0.25, 0.3) is 0 Å². The molecule has 1 aliphatic heterocycles. The number of carbonyl (C=O) groups excluding carboxylic acids is 1. The summed E-state index contributed by atoms with van der Waals surface area (Å²) in [5, 5.41) is 0. The van der Waals surface area contributed by atoms with Crippen LogP contribution in [0.2, 0.25) is 0 Å². The normalized spacial score (nSPS) is 28.3. The van der Waals surface area contributed by atoms with Gasteiger partial charge in [0.2, 0.25) is 5.91 Å². The molecule has 1 fully saturated rings. The Morgan fingerprint density at radius 1 is 1.39 bits per heavy atom. The SMILES string of the molecule is CC1CC1C(=O)N1CC(C)(C)Oc2ccccc21. The summed E-state index contributed by atoms with van der Waals surface area (Å²) in [7, 11) is 0. The summed E-state index contributed by atoms with van der Waals surface area (Å²) in [6.07, 6.45) is 1.03. The number of hydrogen-bond donors (Lipinski definition) is 0. The van der Waals surface area contributed by atoms with Crippen molar-refractivity contribution in [2.75, 3.05) is 11.4 Å². The van der Waals surface area contributed by atoms with Crippen molar-refractivity contribution < 1.29 is 9.53 Å². The van der Waals surface area contributed by atoms with E-state index in [0.29, 0.717) is 12.5 Å². The number of anilines is 1. The summed E-state index contributed by atoms with van der Waals surface area (Å²) < 4.78 is 5.93. The van der Waals surface area contributed by atoms with Crippen LogP contribution in [0.1, 0.15) is 27.2 Å². The molecule has 2 unspecified atom stereocenters. The van der Waals surface area contributed by atoms with E-state index >= 15 is 0 Å². The summed E-state index contributed by atoms with van der Waals surface area (Å²) in [4.78, 5) is 14.4. The van der Waals surface area contributed by atoms with Crippen LogP contribution in [0.5, 0.6) is 5.75 Å². The quantitative estimate of drug-likeness (QED) is 0.761. The Kier molecular flexibility index (Phi) is 2.40. The van der Waals surface area contributed by atoms with Gasteiger partial charge in [0.15, 0.2) is 0 Å². The average Bonchev–Trinajstić information content (AvgIpc) is 3.03. The van der Waals surface area contributed by atoms with Gasteiger partial charge in [0.05, 0.1) is 12.2 Å². The first-order chi connectivity index (χ1) is 8.48. The standard InChI is InChI=1S/C15H19NO2/c1-10-8-11(10)14(17)16-9-15(2,3)18-13-7-5-4-6-12(13)16/h4-7,10-11H,8-9H2,1-3H3. The maximum Gasteiger partial charge on any atom is 0.230 e. The molecule has 3 heteroatoms. The molecule has 0 saturated heterocycles. The van der Waals surface area contributed by atoms with Gasteiger partial charge in [-0.15, -0.1) is 0 Å². The third kappa shape index (κ3) is 1.88. The lowest BCUT2D eigenvalue weighted by molar-refractivity contribution is -0.121. The predicted octanol–water partition coefficient (Wildman–Crippen LogP) is 2.85. The van der Waals surface area contributed by atoms with Crippen LogP contribution < -0.4 is 9.64 Å². The number of fused-ring (bicyclic) bond motifs is 1. The van der Waals surface area contributed by atoms with Crippen molar-refractivity contribution in [3.63, 3.8) is 0 Å². The molecule has 0 aromatic heterocycles. The minimum absolute atomic E-state index is 0.215. The van der Waals surface area contributed by atoms with E-state index in [2.05, 4.69) is 6.92 Å². The van der Waals surface area contributed by atoms with Crippen LogP contribution >= 0.6 is 0 Å². The summed E-state index contributed by atoms with van der Waals surface area (Å²) in [5.74, 6) is 1.82. The predicted molar refractivity (Wildman–Crippen MR) is 70.8 cm³/mol. The highest BCUT2D eigenvalue weighted by atomic mass is 16.5. The number of rotatable bonds is 1. The smallest absolute Gasteiger partial charge is 0.230 e. The second kappa shape index (κ2) is 3.74. The van der Waals surface area contributed by atoms with Crippen molar-refractivity contribution in [1.29, 1.82) is 0 Å². The molecular formula is C15H19NO2. The first kappa shape index (κ1) is 11.6. The van der Waals surface area contributed by atoms with E-state index in [4.69, 9.17) is 4.74 Å². The van der Waals surface area contributed by atoms with Crippen molar-refractivity contribution in [1.82, 2.24) is 0 Å². The molecule has 1 saturated carbocycles. The fourth-order valence-electron chi connectivity index (χ4n) is 2.63. The van der Waals surface area contributed by atoms with Crippen molar-refractivity contribution in [3.05, 3.63) is 24.3 Å². The van der Waals surface area contributed by atoms with Crippen LogP contribution in [-0.4, -0.2) is 18.1 Å². The van der Waals surface area contributed by atoms with Crippen molar-refractivity contribution >= 4 is 11.6 Å². The lowest BCUT2D eigenvalue weighted by atomic mass is 10.0. The van der Waals surface area contributed by atoms with Crippen molar-refractivity contribution in [2.24, 2.45) is 11.8 Å². The van der Waals surface area contributed by atoms with Crippen LogP contribution in [0, 0.1) is 11.8 Å². The van der Waals surface area contributed by atoms with Crippen LogP contribution in [0.25, 0.3) is 0 Å². The zero-order chi connectivity index (χ0) is 12.9. The second-order valence-corrected chi connectivity index (χ2v) is 6.07. The number of hydrogen-bond acceptors (Lipinski definition) is 2. The number of nitrogens with zero attached hydrogens (tertiary/aromatic N) is 1. The third-order valence-corrected chi connectivity index (χ3v) is 3.77. The van der Waals surface area contributed by atoms with Crippen LogP contribution in [0.4, 0.5) is 5.69 Å². The number of ether oxygens (including phenoxy) is 1. The summed E-state index contributed by atoms with van der Waals surface area (Å²) in [5.41, 5.74) is 0.600. The lowest BCUT2D eigenvalue weighted by Gasteiger charge is -2.39. The minimum atomic E-state index is -0.317. The molecular weight excluding hydrogens is 226 g/mol. The van der Waals surface area contributed by atoms with E-state index in [1.807, 2.05) is 43.0 Å². The number of amides is 1. The van der Waals surface area contributed by atoms with E-state index in [0.717, 1.165) is 17.9 Å². The van der Waals surface area contributed by atoms with Gasteiger partial charge in [-0.3, -0.25) is 4.79 Å². The van der Waals surface area contributed by atoms with Crippen LogP contribution in [0.15, 0.2) is 24.3 Å². The molecule has 1 aromatic carbocycles. The zero-order valence-electron chi connectivity index (χ0n) is 11.1. The highest BCUT2D eigenvalue weighted by Gasteiger charge is 2.45. The molecule has 0 spiro atoms. The molecule has 0 bridgehead atoms. The summed E-state index contributed by atoms with van der Waals surface area (Å²) in [6.45, 7) is 6.82. The zero-order valence-corrected chi connectivity index (χ0v) is 11.1. The number of para-hydroxylation sites is 2. The van der Waals surface area contributed by atoms with Gasteiger partial charge < -0.3 is 9.64 Å². The Bertz CT molecular complexity index is 495. The van der Waals surface area contributed by atoms with Crippen molar-refractivity contribution in [2.45, 2.75) is 32.8 Å².